The molecule has 0 amide bonds. The zero-order valence-electron chi connectivity index (χ0n) is 20.8. The first-order valence-electron chi connectivity index (χ1n) is 12.3. The quantitative estimate of drug-likeness (QED) is 0.127. The Morgan fingerprint density at radius 1 is 1.21 bits per heavy atom. The maximum absolute atomic E-state index is 13.5. The fraction of sp³-hybridized carbons (Fsp3) is 0.259. The summed E-state index contributed by atoms with van der Waals surface area (Å²) in [7, 11) is 1.45. The Hall–Kier alpha value is -3.83. The molecule has 2 heterocycles. The number of pyridine rings is 1. The number of hydrogen-bond acceptors (Lipinski definition) is 8. The first kappa shape index (κ1) is 26.8. The van der Waals surface area contributed by atoms with Gasteiger partial charge in [-0.15, -0.1) is 0 Å². The second-order valence-electron chi connectivity index (χ2n) is 9.02. The molecule has 200 valence electrons. The largest absolute Gasteiger partial charge is 0.493 e. The van der Waals surface area contributed by atoms with Crippen molar-refractivity contribution in [1.29, 1.82) is 0 Å². The van der Waals surface area contributed by atoms with Crippen LogP contribution in [0.3, 0.4) is 0 Å². The number of ether oxygens (including phenoxy) is 2. The maximum atomic E-state index is 13.5. The Labute approximate surface area is 236 Å². The molecule has 0 spiro atoms. The summed E-state index contributed by atoms with van der Waals surface area (Å²) in [4.78, 5) is 32.7. The number of benzene rings is 2. The molecule has 1 fully saturated rings. The zero-order valence-corrected chi connectivity index (χ0v) is 23.2. The van der Waals surface area contributed by atoms with Crippen molar-refractivity contribution in [3.8, 4) is 17.4 Å². The van der Waals surface area contributed by atoms with E-state index in [1.807, 2.05) is 12.1 Å². The Morgan fingerprint density at radius 3 is 2.67 bits per heavy atom. The van der Waals surface area contributed by atoms with Crippen molar-refractivity contribution in [2.75, 3.05) is 7.11 Å². The molecule has 2 aromatic carbocycles. The van der Waals surface area contributed by atoms with Crippen molar-refractivity contribution in [2.45, 2.75) is 38.0 Å². The van der Waals surface area contributed by atoms with Gasteiger partial charge in [-0.3, -0.25) is 14.9 Å². The number of halogens is 2. The van der Waals surface area contributed by atoms with Gasteiger partial charge in [0.05, 0.1) is 29.2 Å². The molecule has 5 rings (SSSR count). The van der Waals surface area contributed by atoms with E-state index in [0.717, 1.165) is 31.9 Å². The summed E-state index contributed by atoms with van der Waals surface area (Å²) in [5.41, 5.74) is 0.785. The molecule has 0 bridgehead atoms. The number of nitro groups is 1. The Kier molecular flexibility index (Phi) is 7.89. The summed E-state index contributed by atoms with van der Waals surface area (Å²) in [6, 6.07) is 11.6. The molecule has 12 heteroatoms. The number of aromatic nitrogens is 3. The highest BCUT2D eigenvalue weighted by molar-refractivity contribution is 9.10. The Balaban J connectivity index is 1.54. The van der Waals surface area contributed by atoms with Crippen molar-refractivity contribution < 1.29 is 14.4 Å². The molecule has 1 saturated carbocycles. The standard InChI is InChI=1S/C27H23BrClN5O5/c1-38-21-13-17(23(28)24(29)25(21)39-22-12-11-18(15-30-22)34(36)37)14-31-33-26(16-7-3-2-4-8-16)32-20-10-6-5-9-19(20)27(33)35/h5-6,9-16H,2-4,7-8H2,1H3. The molecule has 0 N–H and O–H groups in total. The van der Waals surface area contributed by atoms with Gasteiger partial charge in [-0.25, -0.2) is 9.97 Å². The van der Waals surface area contributed by atoms with Gasteiger partial charge in [-0.2, -0.15) is 9.78 Å². The van der Waals surface area contributed by atoms with E-state index in [1.54, 1.807) is 18.2 Å². The van der Waals surface area contributed by atoms with Crippen molar-refractivity contribution in [2.24, 2.45) is 5.10 Å². The van der Waals surface area contributed by atoms with Crippen LogP contribution in [0.1, 0.15) is 49.4 Å². The SMILES string of the molecule is COc1cc(C=Nn2c(C3CCCCC3)nc3ccccc3c2=O)c(Br)c(Cl)c1Oc1ccc([N+](=O)[O-])cn1. The number of para-hydroxylation sites is 1. The fourth-order valence-corrected chi connectivity index (χ4v) is 5.23. The van der Waals surface area contributed by atoms with Gasteiger partial charge in [-0.1, -0.05) is 43.0 Å². The van der Waals surface area contributed by atoms with Gasteiger partial charge in [0, 0.05) is 28.1 Å². The van der Waals surface area contributed by atoms with Crippen LogP contribution in [0.5, 0.6) is 17.4 Å². The van der Waals surface area contributed by atoms with Gasteiger partial charge in [-0.05, 0) is 47.0 Å². The summed E-state index contributed by atoms with van der Waals surface area (Å²) in [6.45, 7) is 0. The number of fused-ring (bicyclic) bond motifs is 1. The molecule has 0 saturated heterocycles. The van der Waals surface area contributed by atoms with Gasteiger partial charge < -0.3 is 9.47 Å². The minimum atomic E-state index is -0.550. The van der Waals surface area contributed by atoms with Crippen LogP contribution in [0.15, 0.2) is 63.0 Å². The molecule has 39 heavy (non-hydrogen) atoms. The summed E-state index contributed by atoms with van der Waals surface area (Å²) in [5.74, 6) is 1.33. The van der Waals surface area contributed by atoms with Crippen LogP contribution in [0.25, 0.3) is 10.9 Å². The third kappa shape index (κ3) is 5.50. The van der Waals surface area contributed by atoms with Crippen molar-refractivity contribution in [3.05, 3.63) is 90.0 Å². The van der Waals surface area contributed by atoms with Gasteiger partial charge in [0.15, 0.2) is 11.5 Å². The molecule has 0 unspecified atom stereocenters. The summed E-state index contributed by atoms with van der Waals surface area (Å²) >= 11 is 10.1. The fourth-order valence-electron chi connectivity index (χ4n) is 4.59. The smallest absolute Gasteiger partial charge is 0.287 e. The van der Waals surface area contributed by atoms with E-state index in [4.69, 9.17) is 26.1 Å². The van der Waals surface area contributed by atoms with Gasteiger partial charge >= 0.3 is 0 Å². The van der Waals surface area contributed by atoms with Gasteiger partial charge in [0.2, 0.25) is 5.88 Å². The van der Waals surface area contributed by atoms with E-state index in [9.17, 15) is 14.9 Å². The maximum Gasteiger partial charge on any atom is 0.287 e. The van der Waals surface area contributed by atoms with Crippen LogP contribution in [0.4, 0.5) is 5.69 Å². The monoisotopic (exact) mass is 611 g/mol. The molecular formula is C27H23BrClN5O5. The van der Waals surface area contributed by atoms with Crippen molar-refractivity contribution >= 4 is 50.3 Å². The third-order valence-electron chi connectivity index (χ3n) is 6.58. The van der Waals surface area contributed by atoms with E-state index in [2.05, 4.69) is 26.0 Å². The number of rotatable bonds is 7. The minimum absolute atomic E-state index is 0.0973. The highest BCUT2D eigenvalue weighted by atomic mass is 79.9. The molecule has 0 atom stereocenters. The first-order chi connectivity index (χ1) is 18.9. The lowest BCUT2D eigenvalue weighted by atomic mass is 9.88. The normalized spacial score (nSPS) is 14.1. The molecular weight excluding hydrogens is 590 g/mol. The third-order valence-corrected chi connectivity index (χ3v) is 8.02. The minimum Gasteiger partial charge on any atom is -0.493 e. The van der Waals surface area contributed by atoms with Crippen LogP contribution < -0.4 is 15.0 Å². The Bertz CT molecular complexity index is 1630. The second-order valence-corrected chi connectivity index (χ2v) is 10.2. The van der Waals surface area contributed by atoms with Crippen LogP contribution in [-0.2, 0) is 0 Å². The number of methoxy groups -OCH3 is 1. The molecule has 0 radical (unpaired) electrons. The molecule has 1 aliphatic rings. The molecule has 1 aliphatic carbocycles. The van der Waals surface area contributed by atoms with Crippen molar-refractivity contribution in [3.63, 3.8) is 0 Å². The van der Waals surface area contributed by atoms with Crippen LogP contribution >= 0.6 is 27.5 Å². The van der Waals surface area contributed by atoms with Crippen LogP contribution in [-0.4, -0.2) is 32.9 Å². The summed E-state index contributed by atoms with van der Waals surface area (Å²) in [6.07, 6.45) is 7.86. The molecule has 4 aromatic rings. The van der Waals surface area contributed by atoms with Crippen LogP contribution in [0.2, 0.25) is 5.02 Å². The van der Waals surface area contributed by atoms with Gasteiger partial charge in [0.1, 0.15) is 17.0 Å². The lowest BCUT2D eigenvalue weighted by Crippen LogP contribution is -2.25. The average Bonchev–Trinajstić information content (AvgIpc) is 2.96. The van der Waals surface area contributed by atoms with E-state index in [-0.39, 0.29) is 39.6 Å². The highest BCUT2D eigenvalue weighted by Gasteiger charge is 2.23. The van der Waals surface area contributed by atoms with Crippen molar-refractivity contribution in [1.82, 2.24) is 14.6 Å². The van der Waals surface area contributed by atoms with E-state index >= 15 is 0 Å². The van der Waals surface area contributed by atoms with Gasteiger partial charge in [0.25, 0.3) is 11.2 Å². The molecule has 10 nitrogen and oxygen atoms in total. The second kappa shape index (κ2) is 11.5. The topological polar surface area (TPSA) is 122 Å². The lowest BCUT2D eigenvalue weighted by molar-refractivity contribution is -0.385. The van der Waals surface area contributed by atoms with E-state index in [1.165, 1.54) is 36.6 Å². The summed E-state index contributed by atoms with van der Waals surface area (Å²) in [5, 5.41) is 16.1. The highest BCUT2D eigenvalue weighted by Crippen LogP contribution is 2.44. The predicted molar refractivity (Wildman–Crippen MR) is 151 cm³/mol. The summed E-state index contributed by atoms with van der Waals surface area (Å²) < 4.78 is 13.1. The number of hydrogen-bond donors (Lipinski definition) is 0. The first-order valence-corrected chi connectivity index (χ1v) is 13.4. The van der Waals surface area contributed by atoms with E-state index < -0.39 is 4.92 Å². The predicted octanol–water partition coefficient (Wildman–Crippen LogP) is 6.85. The lowest BCUT2D eigenvalue weighted by Gasteiger charge is -2.22. The number of nitrogens with zero attached hydrogens (tertiary/aromatic N) is 5. The molecule has 0 aliphatic heterocycles. The van der Waals surface area contributed by atoms with E-state index in [0.29, 0.717) is 26.8 Å². The zero-order chi connectivity index (χ0) is 27.5. The average molecular weight is 613 g/mol. The molecule has 2 aromatic heterocycles. The van der Waals surface area contributed by atoms with Crippen LogP contribution in [0, 0.1) is 10.1 Å². The Morgan fingerprint density at radius 2 is 1.97 bits per heavy atom.